The van der Waals surface area contributed by atoms with Crippen molar-refractivity contribution >= 4 is 21.8 Å². The lowest BCUT2D eigenvalue weighted by Gasteiger charge is -2.20. The molecule has 2 amide bonds. The van der Waals surface area contributed by atoms with Gasteiger partial charge >= 0.3 is 0 Å². The third-order valence-electron chi connectivity index (χ3n) is 3.62. The lowest BCUT2D eigenvalue weighted by molar-refractivity contribution is -0.126. The molecule has 0 saturated carbocycles. The Morgan fingerprint density at radius 1 is 1.45 bits per heavy atom. The summed E-state index contributed by atoms with van der Waals surface area (Å²) in [5, 5.41) is 5.49. The van der Waals surface area contributed by atoms with E-state index in [1.807, 2.05) is 0 Å². The van der Waals surface area contributed by atoms with Gasteiger partial charge < -0.3 is 10.6 Å². The first-order chi connectivity index (χ1) is 10.3. The molecule has 0 aliphatic carbocycles. The summed E-state index contributed by atoms with van der Waals surface area (Å²) >= 11 is 0. The minimum Gasteiger partial charge on any atom is -0.356 e. The lowest BCUT2D eigenvalue weighted by Crippen LogP contribution is -2.35. The maximum Gasteiger partial charge on any atom is 0.223 e. The van der Waals surface area contributed by atoms with E-state index in [1.165, 1.54) is 4.31 Å². The van der Waals surface area contributed by atoms with Gasteiger partial charge in [-0.15, -0.1) is 6.58 Å². The molecule has 0 aromatic heterocycles. The highest BCUT2D eigenvalue weighted by atomic mass is 32.2. The highest BCUT2D eigenvalue weighted by Gasteiger charge is 2.22. The lowest BCUT2D eigenvalue weighted by atomic mass is 9.98. The van der Waals surface area contributed by atoms with Crippen molar-refractivity contribution in [1.29, 1.82) is 0 Å². The van der Waals surface area contributed by atoms with Crippen molar-refractivity contribution in [2.75, 3.05) is 32.4 Å². The van der Waals surface area contributed by atoms with Crippen LogP contribution in [0.15, 0.2) is 12.7 Å². The molecule has 1 rings (SSSR count). The molecule has 1 atom stereocenters. The fraction of sp³-hybridized carbons (Fsp3) is 0.714. The molecule has 1 unspecified atom stereocenters. The summed E-state index contributed by atoms with van der Waals surface area (Å²) in [5.41, 5.74) is 0. The zero-order chi connectivity index (χ0) is 16.6. The molecule has 126 valence electrons. The van der Waals surface area contributed by atoms with E-state index in [0.29, 0.717) is 38.9 Å². The predicted octanol–water partition coefficient (Wildman–Crippen LogP) is -0.143. The van der Waals surface area contributed by atoms with E-state index in [2.05, 4.69) is 17.2 Å². The molecule has 22 heavy (non-hydrogen) atoms. The van der Waals surface area contributed by atoms with E-state index in [-0.39, 0.29) is 30.7 Å². The van der Waals surface area contributed by atoms with E-state index in [9.17, 15) is 18.0 Å². The normalized spacial score (nSPS) is 22.2. The van der Waals surface area contributed by atoms with Crippen molar-refractivity contribution in [1.82, 2.24) is 14.9 Å². The van der Waals surface area contributed by atoms with Crippen LogP contribution in [-0.4, -0.2) is 57.0 Å². The Bertz CT molecular complexity index is 504. The van der Waals surface area contributed by atoms with E-state index >= 15 is 0 Å². The Morgan fingerprint density at radius 3 is 2.82 bits per heavy atom. The van der Waals surface area contributed by atoms with Gasteiger partial charge in [-0.2, -0.15) is 0 Å². The maximum absolute atomic E-state index is 12.1. The van der Waals surface area contributed by atoms with Gasteiger partial charge in [-0.25, -0.2) is 12.7 Å². The van der Waals surface area contributed by atoms with Crippen LogP contribution in [0.5, 0.6) is 0 Å². The second-order valence-corrected chi connectivity index (χ2v) is 7.41. The van der Waals surface area contributed by atoms with Crippen LogP contribution in [0.4, 0.5) is 0 Å². The average Bonchev–Trinajstić information content (AvgIpc) is 2.48. The molecule has 0 aromatic rings. The summed E-state index contributed by atoms with van der Waals surface area (Å²) in [5.74, 6) is -0.514. The Hall–Kier alpha value is -1.41. The second-order valence-electron chi connectivity index (χ2n) is 5.42. The van der Waals surface area contributed by atoms with Crippen LogP contribution in [0.25, 0.3) is 0 Å². The molecule has 1 aliphatic rings. The number of nitrogens with one attached hydrogen (secondary N) is 2. The molecular formula is C14H25N3O4S. The summed E-state index contributed by atoms with van der Waals surface area (Å²) < 4.78 is 24.7. The molecule has 8 heteroatoms. The first-order valence-corrected chi connectivity index (χ1v) is 9.30. The van der Waals surface area contributed by atoms with Gasteiger partial charge in [0.15, 0.2) is 0 Å². The average molecular weight is 331 g/mol. The standard InChI is InChI=1S/C14H25N3O4S/c1-3-8-16-14(19)12-5-4-10-17(22(2,20)21)11-7-13(18)15-9-6-12/h3,12H,1,4-11H2,2H3,(H,15,18)(H,16,19). The molecule has 1 heterocycles. The Balaban J connectivity index is 2.72. The Morgan fingerprint density at radius 2 is 2.18 bits per heavy atom. The van der Waals surface area contributed by atoms with E-state index < -0.39 is 10.0 Å². The van der Waals surface area contributed by atoms with Gasteiger partial charge in [-0.05, 0) is 19.3 Å². The zero-order valence-corrected chi connectivity index (χ0v) is 13.8. The molecule has 7 nitrogen and oxygen atoms in total. The first kappa shape index (κ1) is 18.6. The van der Waals surface area contributed by atoms with Gasteiger partial charge in [0.25, 0.3) is 0 Å². The topological polar surface area (TPSA) is 95.6 Å². The van der Waals surface area contributed by atoms with Gasteiger partial charge in [0, 0.05) is 38.5 Å². The van der Waals surface area contributed by atoms with Gasteiger partial charge in [0.1, 0.15) is 0 Å². The van der Waals surface area contributed by atoms with Crippen LogP contribution in [-0.2, 0) is 19.6 Å². The summed E-state index contributed by atoms with van der Waals surface area (Å²) in [6, 6.07) is 0. The van der Waals surface area contributed by atoms with Gasteiger partial charge in [-0.3, -0.25) is 9.59 Å². The summed E-state index contributed by atoms with van der Waals surface area (Å²) in [6.45, 7) is 4.88. The number of amides is 2. The molecule has 0 bridgehead atoms. The van der Waals surface area contributed by atoms with Crippen LogP contribution in [0.3, 0.4) is 0 Å². The van der Waals surface area contributed by atoms with Gasteiger partial charge in [0.2, 0.25) is 21.8 Å². The number of hydrogen-bond acceptors (Lipinski definition) is 4. The van der Waals surface area contributed by atoms with E-state index in [4.69, 9.17) is 0 Å². The molecule has 0 aromatic carbocycles. The van der Waals surface area contributed by atoms with E-state index in [1.54, 1.807) is 6.08 Å². The smallest absolute Gasteiger partial charge is 0.223 e. The fourth-order valence-corrected chi connectivity index (χ4v) is 3.27. The molecule has 0 spiro atoms. The number of carbonyl (C=O) groups excluding carboxylic acids is 2. The number of rotatable bonds is 4. The van der Waals surface area contributed by atoms with Crippen molar-refractivity contribution in [2.45, 2.75) is 25.7 Å². The fourth-order valence-electron chi connectivity index (χ4n) is 2.38. The minimum atomic E-state index is -3.34. The van der Waals surface area contributed by atoms with Crippen molar-refractivity contribution in [3.8, 4) is 0 Å². The van der Waals surface area contributed by atoms with Crippen LogP contribution >= 0.6 is 0 Å². The molecule has 1 fully saturated rings. The summed E-state index contributed by atoms with van der Waals surface area (Å²) in [4.78, 5) is 23.8. The summed E-state index contributed by atoms with van der Waals surface area (Å²) in [7, 11) is -3.34. The first-order valence-electron chi connectivity index (χ1n) is 7.45. The number of nitrogens with zero attached hydrogens (tertiary/aromatic N) is 1. The van der Waals surface area contributed by atoms with Crippen LogP contribution in [0.1, 0.15) is 25.7 Å². The maximum atomic E-state index is 12.1. The number of sulfonamides is 1. The summed E-state index contributed by atoms with van der Waals surface area (Å²) in [6.07, 6.45) is 4.61. The number of carbonyl (C=O) groups is 2. The predicted molar refractivity (Wildman–Crippen MR) is 84.6 cm³/mol. The van der Waals surface area contributed by atoms with Crippen molar-refractivity contribution in [3.63, 3.8) is 0 Å². The highest BCUT2D eigenvalue weighted by Crippen LogP contribution is 2.14. The third kappa shape index (κ3) is 6.57. The largest absolute Gasteiger partial charge is 0.356 e. The Kier molecular flexibility index (Phi) is 7.53. The highest BCUT2D eigenvalue weighted by molar-refractivity contribution is 7.88. The van der Waals surface area contributed by atoms with Crippen molar-refractivity contribution in [3.05, 3.63) is 12.7 Å². The molecule has 1 aliphatic heterocycles. The molecule has 2 N–H and O–H groups in total. The van der Waals surface area contributed by atoms with Crippen LogP contribution in [0, 0.1) is 5.92 Å². The van der Waals surface area contributed by atoms with Crippen molar-refractivity contribution in [2.24, 2.45) is 5.92 Å². The van der Waals surface area contributed by atoms with Gasteiger partial charge in [0.05, 0.1) is 6.26 Å². The monoisotopic (exact) mass is 331 g/mol. The SMILES string of the molecule is C=CCNC(=O)C1CCCN(S(C)(=O)=O)CCC(=O)NCC1. The minimum absolute atomic E-state index is 0.0840. The Labute approximate surface area is 132 Å². The van der Waals surface area contributed by atoms with E-state index in [0.717, 1.165) is 6.26 Å². The number of hydrogen-bond donors (Lipinski definition) is 2. The van der Waals surface area contributed by atoms with Crippen LogP contribution in [0.2, 0.25) is 0 Å². The van der Waals surface area contributed by atoms with Crippen molar-refractivity contribution < 1.29 is 18.0 Å². The van der Waals surface area contributed by atoms with Crippen LogP contribution < -0.4 is 10.6 Å². The third-order valence-corrected chi connectivity index (χ3v) is 4.93. The molecule has 1 saturated heterocycles. The molecular weight excluding hydrogens is 306 g/mol. The quantitative estimate of drug-likeness (QED) is 0.701. The zero-order valence-electron chi connectivity index (χ0n) is 13.0. The second kappa shape index (κ2) is 8.89. The molecule has 0 radical (unpaired) electrons. The van der Waals surface area contributed by atoms with Gasteiger partial charge in [-0.1, -0.05) is 6.08 Å².